The minimum atomic E-state index is -0.660. The van der Waals surface area contributed by atoms with E-state index in [9.17, 15) is 14.4 Å². The molecular weight excluding hydrogens is 398 g/mol. The van der Waals surface area contributed by atoms with Crippen molar-refractivity contribution < 1.29 is 18.7 Å². The molecular formula is C23H25N3O5. The summed E-state index contributed by atoms with van der Waals surface area (Å²) in [5.74, 6) is -0.317. The average Bonchev–Trinajstić information content (AvgIpc) is 2.71. The second kappa shape index (κ2) is 8.99. The molecule has 0 spiro atoms. The lowest BCUT2D eigenvalue weighted by Crippen LogP contribution is -2.41. The van der Waals surface area contributed by atoms with Crippen molar-refractivity contribution >= 4 is 28.6 Å². The standard InChI is InChI=1S/C23H25N3O5/c1-5-26(22(29)31-23(2,3)4)14-19(27)24-17-12-8-6-10-15(17)20-25-18-13-9-7-11-16(18)21(28)30-20/h6-13H,5,14H2,1-4H3,(H,24,27). The molecule has 1 aromatic heterocycles. The van der Waals surface area contributed by atoms with Gasteiger partial charge < -0.3 is 14.5 Å². The molecule has 162 valence electrons. The summed E-state index contributed by atoms with van der Waals surface area (Å²) in [7, 11) is 0. The second-order valence-electron chi connectivity index (χ2n) is 7.91. The second-order valence-corrected chi connectivity index (χ2v) is 7.91. The van der Waals surface area contributed by atoms with E-state index in [1.165, 1.54) is 4.90 Å². The Balaban J connectivity index is 1.83. The van der Waals surface area contributed by atoms with Crippen LogP contribution in [-0.2, 0) is 9.53 Å². The zero-order valence-electron chi connectivity index (χ0n) is 18.0. The summed E-state index contributed by atoms with van der Waals surface area (Å²) in [6, 6.07) is 13.7. The number of rotatable bonds is 5. The van der Waals surface area contributed by atoms with Gasteiger partial charge in [-0.15, -0.1) is 0 Å². The number of para-hydroxylation sites is 2. The SMILES string of the molecule is CCN(CC(=O)Nc1ccccc1-c1nc2ccccc2c(=O)o1)C(=O)OC(C)(C)C. The molecule has 2 aromatic carbocycles. The maximum absolute atomic E-state index is 12.6. The number of likely N-dealkylation sites (N-methyl/N-ethyl adjacent to an activating group) is 1. The van der Waals surface area contributed by atoms with Crippen LogP contribution in [0.25, 0.3) is 22.4 Å². The van der Waals surface area contributed by atoms with Gasteiger partial charge in [-0.3, -0.25) is 9.69 Å². The Morgan fingerprint density at radius 2 is 1.77 bits per heavy atom. The van der Waals surface area contributed by atoms with E-state index in [4.69, 9.17) is 9.15 Å². The van der Waals surface area contributed by atoms with Crippen LogP contribution < -0.4 is 10.9 Å². The number of benzene rings is 2. The number of hydrogen-bond acceptors (Lipinski definition) is 6. The Morgan fingerprint density at radius 3 is 2.48 bits per heavy atom. The van der Waals surface area contributed by atoms with Gasteiger partial charge >= 0.3 is 11.7 Å². The van der Waals surface area contributed by atoms with Crippen LogP contribution in [0.3, 0.4) is 0 Å². The lowest BCUT2D eigenvalue weighted by atomic mass is 10.1. The lowest BCUT2D eigenvalue weighted by molar-refractivity contribution is -0.117. The third-order valence-corrected chi connectivity index (χ3v) is 4.33. The number of carbonyl (C=O) groups excluding carboxylic acids is 2. The summed E-state index contributed by atoms with van der Waals surface area (Å²) in [5, 5.41) is 3.15. The van der Waals surface area contributed by atoms with Gasteiger partial charge in [0.25, 0.3) is 0 Å². The Morgan fingerprint density at radius 1 is 1.10 bits per heavy atom. The van der Waals surface area contributed by atoms with E-state index < -0.39 is 23.2 Å². The van der Waals surface area contributed by atoms with E-state index in [2.05, 4.69) is 10.3 Å². The zero-order chi connectivity index (χ0) is 22.6. The van der Waals surface area contributed by atoms with Gasteiger partial charge in [-0.25, -0.2) is 14.6 Å². The van der Waals surface area contributed by atoms with Gasteiger partial charge in [0, 0.05) is 6.54 Å². The van der Waals surface area contributed by atoms with Crippen LogP contribution in [0, 0.1) is 0 Å². The molecule has 0 bridgehead atoms. The number of aromatic nitrogens is 1. The molecule has 8 heteroatoms. The van der Waals surface area contributed by atoms with Crippen molar-refractivity contribution in [1.82, 2.24) is 9.88 Å². The Labute approximate surface area is 179 Å². The average molecular weight is 423 g/mol. The molecule has 0 aliphatic heterocycles. The highest BCUT2D eigenvalue weighted by atomic mass is 16.6. The maximum atomic E-state index is 12.6. The van der Waals surface area contributed by atoms with Gasteiger partial charge in [0.15, 0.2) is 0 Å². The molecule has 0 unspecified atom stereocenters. The van der Waals surface area contributed by atoms with Crippen molar-refractivity contribution in [3.05, 3.63) is 59.0 Å². The Kier molecular flexibility index (Phi) is 6.39. The highest BCUT2D eigenvalue weighted by molar-refractivity contribution is 5.97. The summed E-state index contributed by atoms with van der Waals surface area (Å²) in [6.45, 7) is 7.18. The molecule has 31 heavy (non-hydrogen) atoms. The largest absolute Gasteiger partial charge is 0.444 e. The normalized spacial score (nSPS) is 11.2. The molecule has 8 nitrogen and oxygen atoms in total. The molecule has 2 amide bonds. The van der Waals surface area contributed by atoms with E-state index >= 15 is 0 Å². The van der Waals surface area contributed by atoms with Gasteiger partial charge in [0.2, 0.25) is 11.8 Å². The molecule has 0 saturated carbocycles. The van der Waals surface area contributed by atoms with E-state index in [0.29, 0.717) is 28.7 Å². The van der Waals surface area contributed by atoms with Crippen molar-refractivity contribution in [2.45, 2.75) is 33.3 Å². The topological polar surface area (TPSA) is 102 Å². The smallest absolute Gasteiger partial charge is 0.410 e. The van der Waals surface area contributed by atoms with Crippen LogP contribution in [0.2, 0.25) is 0 Å². The Bertz CT molecular complexity index is 1160. The van der Waals surface area contributed by atoms with Crippen molar-refractivity contribution in [2.75, 3.05) is 18.4 Å². The van der Waals surface area contributed by atoms with Crippen LogP contribution in [-0.4, -0.2) is 40.6 Å². The number of ether oxygens (including phenoxy) is 1. The summed E-state index contributed by atoms with van der Waals surface area (Å²) >= 11 is 0. The number of fused-ring (bicyclic) bond motifs is 1. The quantitative estimate of drug-likeness (QED) is 0.664. The van der Waals surface area contributed by atoms with Crippen molar-refractivity contribution in [3.63, 3.8) is 0 Å². The number of amides is 2. The van der Waals surface area contributed by atoms with E-state index in [1.807, 2.05) is 0 Å². The van der Waals surface area contributed by atoms with Gasteiger partial charge in [-0.1, -0.05) is 24.3 Å². The summed E-state index contributed by atoms with van der Waals surface area (Å²) in [5.41, 5.74) is 0.200. The molecule has 3 rings (SSSR count). The fourth-order valence-corrected chi connectivity index (χ4v) is 2.91. The molecule has 3 aromatic rings. The van der Waals surface area contributed by atoms with E-state index in [1.54, 1.807) is 76.2 Å². The summed E-state index contributed by atoms with van der Waals surface area (Å²) in [6.07, 6.45) is -0.569. The van der Waals surface area contributed by atoms with E-state index in [-0.39, 0.29) is 12.4 Å². The number of nitrogens with one attached hydrogen (secondary N) is 1. The number of anilines is 1. The van der Waals surface area contributed by atoms with Crippen molar-refractivity contribution in [3.8, 4) is 11.5 Å². The van der Waals surface area contributed by atoms with E-state index in [0.717, 1.165) is 0 Å². The number of nitrogens with zero attached hydrogens (tertiary/aromatic N) is 2. The first-order valence-electron chi connectivity index (χ1n) is 9.95. The molecule has 1 N–H and O–H groups in total. The zero-order valence-corrected chi connectivity index (χ0v) is 18.0. The maximum Gasteiger partial charge on any atom is 0.410 e. The monoisotopic (exact) mass is 423 g/mol. The van der Waals surface area contributed by atoms with Crippen molar-refractivity contribution in [1.29, 1.82) is 0 Å². The van der Waals surface area contributed by atoms with Crippen LogP contribution in [0.1, 0.15) is 27.7 Å². The predicted molar refractivity (Wildman–Crippen MR) is 118 cm³/mol. The first-order chi connectivity index (χ1) is 14.7. The summed E-state index contributed by atoms with van der Waals surface area (Å²) in [4.78, 5) is 43.0. The van der Waals surface area contributed by atoms with Gasteiger partial charge in [0.1, 0.15) is 12.1 Å². The van der Waals surface area contributed by atoms with Crippen LogP contribution in [0.5, 0.6) is 0 Å². The van der Waals surface area contributed by atoms with Crippen molar-refractivity contribution in [2.24, 2.45) is 0 Å². The first kappa shape index (κ1) is 22.0. The van der Waals surface area contributed by atoms with Gasteiger partial charge in [-0.2, -0.15) is 0 Å². The molecule has 0 atom stereocenters. The number of hydrogen-bond donors (Lipinski definition) is 1. The molecule has 0 aliphatic rings. The first-order valence-corrected chi connectivity index (χ1v) is 9.95. The molecule has 0 saturated heterocycles. The predicted octanol–water partition coefficient (Wildman–Crippen LogP) is 4.05. The third kappa shape index (κ3) is 5.48. The molecule has 1 heterocycles. The van der Waals surface area contributed by atoms with Crippen LogP contribution in [0.15, 0.2) is 57.7 Å². The van der Waals surface area contributed by atoms with Crippen LogP contribution >= 0.6 is 0 Å². The number of carbonyl (C=O) groups is 2. The lowest BCUT2D eigenvalue weighted by Gasteiger charge is -2.26. The highest BCUT2D eigenvalue weighted by Gasteiger charge is 2.23. The Hall–Kier alpha value is -3.68. The highest BCUT2D eigenvalue weighted by Crippen LogP contribution is 2.26. The van der Waals surface area contributed by atoms with Gasteiger partial charge in [-0.05, 0) is 52.0 Å². The minimum Gasteiger partial charge on any atom is -0.444 e. The summed E-state index contributed by atoms with van der Waals surface area (Å²) < 4.78 is 10.7. The molecule has 0 aliphatic carbocycles. The molecule has 0 fully saturated rings. The fourth-order valence-electron chi connectivity index (χ4n) is 2.91. The van der Waals surface area contributed by atoms with Crippen LogP contribution in [0.4, 0.5) is 10.5 Å². The minimum absolute atomic E-state index is 0.0964. The van der Waals surface area contributed by atoms with Gasteiger partial charge in [0.05, 0.1) is 22.2 Å². The third-order valence-electron chi connectivity index (χ3n) is 4.33. The molecule has 0 radical (unpaired) electrons. The fraction of sp³-hybridized carbons (Fsp3) is 0.304.